The molecule has 0 radical (unpaired) electrons. The molecule has 0 atom stereocenters. The van der Waals surface area contributed by atoms with Crippen LogP contribution in [0.5, 0.6) is 0 Å². The number of carbonyl (C=O) groups is 1. The van der Waals surface area contributed by atoms with Gasteiger partial charge in [-0.2, -0.15) is 0 Å². The molecule has 9 heteroatoms. The standard InChI is InChI=1S/C26H20N4O3S2/c31-23(18-8-13-25-22(17-18)29-21-5-1-2-6-24(21)34-25)14-16-27-19-9-11-20(12-10-19)35(32,33)30-26-7-3-4-15-28-26/h1-17,27,29H,(H,28,30)/b16-14-. The monoisotopic (exact) mass is 500 g/mol. The fraction of sp³-hybridized carbons (Fsp3) is 0. The minimum absolute atomic E-state index is 0.106. The van der Waals surface area contributed by atoms with Crippen LogP contribution in [0.25, 0.3) is 0 Å². The predicted octanol–water partition coefficient (Wildman–Crippen LogP) is 5.90. The number of benzene rings is 3. The molecule has 5 rings (SSSR count). The molecule has 0 saturated carbocycles. The third kappa shape index (κ3) is 5.21. The topological polar surface area (TPSA) is 100 Å². The van der Waals surface area contributed by atoms with Crippen molar-refractivity contribution < 1.29 is 13.2 Å². The van der Waals surface area contributed by atoms with E-state index in [0.717, 1.165) is 21.2 Å². The molecular formula is C26H20N4O3S2. The number of nitrogens with one attached hydrogen (secondary N) is 3. The smallest absolute Gasteiger partial charge is 0.263 e. The second kappa shape index (κ2) is 9.65. The predicted molar refractivity (Wildman–Crippen MR) is 139 cm³/mol. The van der Waals surface area contributed by atoms with Crippen LogP contribution < -0.4 is 15.4 Å². The maximum absolute atomic E-state index is 12.7. The van der Waals surface area contributed by atoms with E-state index < -0.39 is 10.0 Å². The van der Waals surface area contributed by atoms with Crippen molar-refractivity contribution in [1.82, 2.24) is 4.98 Å². The van der Waals surface area contributed by atoms with Crippen molar-refractivity contribution in [2.45, 2.75) is 14.7 Å². The minimum atomic E-state index is -3.75. The largest absolute Gasteiger partial charge is 0.362 e. The van der Waals surface area contributed by atoms with Gasteiger partial charge in [0, 0.05) is 39.5 Å². The molecule has 2 heterocycles. The Bertz CT molecular complexity index is 1520. The molecule has 3 aromatic carbocycles. The molecule has 0 aliphatic carbocycles. The number of fused-ring (bicyclic) bond motifs is 2. The molecule has 35 heavy (non-hydrogen) atoms. The molecule has 1 aromatic heterocycles. The molecule has 1 aliphatic heterocycles. The third-order valence-electron chi connectivity index (χ3n) is 5.19. The van der Waals surface area contributed by atoms with Crippen LogP contribution in [-0.2, 0) is 10.0 Å². The number of aromatic nitrogens is 1. The normalized spacial score (nSPS) is 12.3. The van der Waals surface area contributed by atoms with Crippen LogP contribution in [0, 0.1) is 0 Å². The Morgan fingerprint density at radius 3 is 2.46 bits per heavy atom. The number of ketones is 1. The molecule has 0 unspecified atom stereocenters. The summed E-state index contributed by atoms with van der Waals surface area (Å²) in [5, 5.41) is 6.38. The van der Waals surface area contributed by atoms with Crippen LogP contribution in [0.4, 0.5) is 22.9 Å². The van der Waals surface area contributed by atoms with Gasteiger partial charge in [0.05, 0.1) is 16.3 Å². The maximum Gasteiger partial charge on any atom is 0.263 e. The highest BCUT2D eigenvalue weighted by atomic mass is 32.2. The summed E-state index contributed by atoms with van der Waals surface area (Å²) in [5.41, 5.74) is 3.13. The third-order valence-corrected chi connectivity index (χ3v) is 7.72. The lowest BCUT2D eigenvalue weighted by atomic mass is 10.1. The van der Waals surface area contributed by atoms with Gasteiger partial charge in [0.25, 0.3) is 10.0 Å². The summed E-state index contributed by atoms with van der Waals surface area (Å²) < 4.78 is 27.4. The van der Waals surface area contributed by atoms with Crippen molar-refractivity contribution in [1.29, 1.82) is 0 Å². The van der Waals surface area contributed by atoms with E-state index in [0.29, 0.717) is 11.3 Å². The molecule has 0 bridgehead atoms. The molecule has 0 amide bonds. The average molecular weight is 501 g/mol. The lowest BCUT2D eigenvalue weighted by molar-refractivity contribution is 0.104. The number of hydrogen-bond acceptors (Lipinski definition) is 7. The first kappa shape index (κ1) is 22.7. The van der Waals surface area contributed by atoms with E-state index in [1.54, 1.807) is 42.1 Å². The van der Waals surface area contributed by atoms with E-state index in [-0.39, 0.29) is 16.5 Å². The Hall–Kier alpha value is -4.08. The van der Waals surface area contributed by atoms with Crippen LogP contribution in [-0.4, -0.2) is 19.2 Å². The van der Waals surface area contributed by atoms with Gasteiger partial charge in [-0.3, -0.25) is 9.52 Å². The van der Waals surface area contributed by atoms with Crippen molar-refractivity contribution in [3.05, 3.63) is 109 Å². The van der Waals surface area contributed by atoms with Crippen LogP contribution in [0.3, 0.4) is 0 Å². The molecule has 4 aromatic rings. The zero-order valence-corrected chi connectivity index (χ0v) is 19.9. The Labute approximate surface area is 207 Å². The van der Waals surface area contributed by atoms with E-state index in [1.807, 2.05) is 36.4 Å². The molecule has 0 spiro atoms. The first-order valence-electron chi connectivity index (χ1n) is 10.7. The summed E-state index contributed by atoms with van der Waals surface area (Å²) in [5.74, 6) is 0.0982. The Balaban J connectivity index is 1.22. The Morgan fingerprint density at radius 1 is 0.886 bits per heavy atom. The number of nitrogens with zero attached hydrogens (tertiary/aromatic N) is 1. The second-order valence-corrected chi connectivity index (χ2v) is 10.4. The number of rotatable bonds is 7. The molecule has 7 nitrogen and oxygen atoms in total. The number of allylic oxidation sites excluding steroid dienone is 1. The Kier molecular flexibility index (Phi) is 6.26. The van der Waals surface area contributed by atoms with Gasteiger partial charge in [0.1, 0.15) is 5.82 Å². The summed E-state index contributed by atoms with van der Waals surface area (Å²) in [6, 6.07) is 24.8. The number of carbonyl (C=O) groups excluding carboxylic acids is 1. The van der Waals surface area contributed by atoms with Crippen molar-refractivity contribution in [2.24, 2.45) is 0 Å². The van der Waals surface area contributed by atoms with E-state index in [4.69, 9.17) is 0 Å². The van der Waals surface area contributed by atoms with E-state index in [1.165, 1.54) is 30.6 Å². The molecular weight excluding hydrogens is 480 g/mol. The van der Waals surface area contributed by atoms with Crippen molar-refractivity contribution >= 4 is 50.4 Å². The van der Waals surface area contributed by atoms with Gasteiger partial charge in [0.15, 0.2) is 5.78 Å². The van der Waals surface area contributed by atoms with Gasteiger partial charge in [-0.1, -0.05) is 30.0 Å². The van der Waals surface area contributed by atoms with Crippen LogP contribution in [0.15, 0.2) is 118 Å². The van der Waals surface area contributed by atoms with Crippen LogP contribution in [0.1, 0.15) is 10.4 Å². The van der Waals surface area contributed by atoms with Gasteiger partial charge < -0.3 is 10.6 Å². The van der Waals surface area contributed by atoms with Crippen molar-refractivity contribution in [2.75, 3.05) is 15.4 Å². The van der Waals surface area contributed by atoms with Gasteiger partial charge in [0.2, 0.25) is 0 Å². The quantitative estimate of drug-likeness (QED) is 0.189. The van der Waals surface area contributed by atoms with Gasteiger partial charge >= 0.3 is 0 Å². The lowest BCUT2D eigenvalue weighted by Gasteiger charge is -2.20. The highest BCUT2D eigenvalue weighted by molar-refractivity contribution is 7.99. The van der Waals surface area contributed by atoms with Crippen LogP contribution >= 0.6 is 11.8 Å². The number of sulfonamides is 1. The number of para-hydroxylation sites is 1. The van der Waals surface area contributed by atoms with E-state index >= 15 is 0 Å². The van der Waals surface area contributed by atoms with Gasteiger partial charge in [-0.25, -0.2) is 13.4 Å². The van der Waals surface area contributed by atoms with Crippen LogP contribution in [0.2, 0.25) is 0 Å². The first-order chi connectivity index (χ1) is 17.0. The first-order valence-corrected chi connectivity index (χ1v) is 13.0. The fourth-order valence-corrected chi connectivity index (χ4v) is 5.43. The summed E-state index contributed by atoms with van der Waals surface area (Å²) >= 11 is 1.67. The minimum Gasteiger partial charge on any atom is -0.362 e. The zero-order valence-electron chi connectivity index (χ0n) is 18.3. The van der Waals surface area contributed by atoms with Gasteiger partial charge in [-0.05, 0) is 66.7 Å². The SMILES string of the molecule is O=C(/C=C\Nc1ccc(S(=O)(=O)Nc2ccccn2)cc1)c1ccc2c(c1)Nc1ccccc1S2. The summed E-state index contributed by atoms with van der Waals surface area (Å²) in [6.07, 6.45) is 4.49. The summed E-state index contributed by atoms with van der Waals surface area (Å²) in [7, 11) is -3.75. The summed E-state index contributed by atoms with van der Waals surface area (Å²) in [6.45, 7) is 0. The average Bonchev–Trinajstić information content (AvgIpc) is 2.87. The molecule has 3 N–H and O–H groups in total. The molecule has 0 saturated heterocycles. The zero-order chi connectivity index (χ0) is 24.3. The number of hydrogen-bond donors (Lipinski definition) is 3. The highest BCUT2D eigenvalue weighted by Gasteiger charge is 2.17. The lowest BCUT2D eigenvalue weighted by Crippen LogP contribution is -2.13. The highest BCUT2D eigenvalue weighted by Crippen LogP contribution is 2.44. The fourth-order valence-electron chi connectivity index (χ4n) is 3.45. The maximum atomic E-state index is 12.7. The van der Waals surface area contributed by atoms with E-state index in [9.17, 15) is 13.2 Å². The van der Waals surface area contributed by atoms with Gasteiger partial charge in [-0.15, -0.1) is 0 Å². The van der Waals surface area contributed by atoms with E-state index in [2.05, 4.69) is 26.4 Å². The number of anilines is 4. The molecule has 1 aliphatic rings. The van der Waals surface area contributed by atoms with Crippen molar-refractivity contribution in [3.63, 3.8) is 0 Å². The molecule has 0 fully saturated rings. The summed E-state index contributed by atoms with van der Waals surface area (Å²) in [4.78, 5) is 19.0. The number of pyridine rings is 1. The Morgan fingerprint density at radius 2 is 1.66 bits per heavy atom. The van der Waals surface area contributed by atoms with Crippen molar-refractivity contribution in [3.8, 4) is 0 Å². The second-order valence-electron chi connectivity index (χ2n) is 7.62. The molecule has 174 valence electrons.